The minimum Gasteiger partial charge on any atom is -0.496 e. The van der Waals surface area contributed by atoms with Crippen LogP contribution in [0.25, 0.3) is 11.0 Å². The molecule has 4 aromatic rings. The van der Waals surface area contributed by atoms with Crippen molar-refractivity contribution in [1.82, 2.24) is 10.2 Å². The highest BCUT2D eigenvalue weighted by Gasteiger charge is 2.41. The number of methoxy groups -OCH3 is 2. The van der Waals surface area contributed by atoms with Crippen molar-refractivity contribution in [2.45, 2.75) is 37.7 Å². The van der Waals surface area contributed by atoms with Crippen molar-refractivity contribution >= 4 is 45.4 Å². The summed E-state index contributed by atoms with van der Waals surface area (Å²) in [5.41, 5.74) is 0.806. The standard InChI is InChI=1S/C36H37IN2O10/c1-46-28-9-5-3-7-22(28)11-13-39(35(44)25-17-23-8-4-6-10-29(23)49-36(25)45)27-18-24(34(43)38-12-14-40)19-30(32(27)42)48-33-26(37)15-21(20-41)16-31(33)47-2/h3-10,15-17,19,27,30,32,40-42H,11-14,18,20H2,1-2H3,(H,38,43). The van der Waals surface area contributed by atoms with E-state index in [0.717, 1.165) is 5.56 Å². The summed E-state index contributed by atoms with van der Waals surface area (Å²) in [6, 6.07) is 17.8. The van der Waals surface area contributed by atoms with Crippen LogP contribution in [-0.2, 0) is 17.8 Å². The predicted octanol–water partition coefficient (Wildman–Crippen LogP) is 3.21. The minimum atomic E-state index is -1.39. The SMILES string of the molecule is COc1ccccc1CCN(C(=O)c1cc2ccccc2oc1=O)C1CC(C(=O)NCCO)=CC(Oc2c(I)cc(CO)cc2OC)C1O. The van der Waals surface area contributed by atoms with E-state index in [0.29, 0.717) is 31.6 Å². The second-order valence-corrected chi connectivity index (χ2v) is 12.5. The van der Waals surface area contributed by atoms with E-state index in [1.54, 1.807) is 49.6 Å². The van der Waals surface area contributed by atoms with Crippen LogP contribution in [0.4, 0.5) is 0 Å². The molecule has 0 spiro atoms. The molecule has 1 aliphatic rings. The van der Waals surface area contributed by atoms with Crippen molar-refractivity contribution in [2.75, 3.05) is 33.9 Å². The Morgan fingerprint density at radius 1 is 1.02 bits per heavy atom. The Morgan fingerprint density at radius 3 is 2.49 bits per heavy atom. The van der Waals surface area contributed by atoms with Crippen molar-refractivity contribution in [1.29, 1.82) is 0 Å². The average Bonchev–Trinajstić information content (AvgIpc) is 3.12. The van der Waals surface area contributed by atoms with Gasteiger partial charge in [-0.05, 0) is 76.5 Å². The van der Waals surface area contributed by atoms with Crippen LogP contribution in [0.5, 0.6) is 17.2 Å². The molecule has 0 radical (unpaired) electrons. The number of aliphatic hydroxyl groups is 3. The van der Waals surface area contributed by atoms with E-state index in [1.807, 2.05) is 40.8 Å². The molecule has 3 aromatic carbocycles. The summed E-state index contributed by atoms with van der Waals surface area (Å²) in [4.78, 5) is 42.4. The number of nitrogens with zero attached hydrogens (tertiary/aromatic N) is 1. The van der Waals surface area contributed by atoms with Crippen LogP contribution >= 0.6 is 22.6 Å². The van der Waals surface area contributed by atoms with E-state index in [9.17, 15) is 29.7 Å². The molecule has 5 rings (SSSR count). The highest BCUT2D eigenvalue weighted by atomic mass is 127. The number of fused-ring (bicyclic) bond motifs is 1. The molecule has 1 aliphatic carbocycles. The third-order valence-corrected chi connectivity index (χ3v) is 9.09. The molecule has 0 saturated carbocycles. The van der Waals surface area contributed by atoms with Gasteiger partial charge in [-0.3, -0.25) is 9.59 Å². The number of ether oxygens (including phenoxy) is 3. The molecular formula is C36H37IN2O10. The van der Waals surface area contributed by atoms with E-state index < -0.39 is 35.7 Å². The second-order valence-electron chi connectivity index (χ2n) is 11.3. The van der Waals surface area contributed by atoms with Gasteiger partial charge in [0, 0.05) is 30.5 Å². The van der Waals surface area contributed by atoms with Crippen LogP contribution in [0, 0.1) is 3.57 Å². The molecule has 4 N–H and O–H groups in total. The molecule has 13 heteroatoms. The fourth-order valence-corrected chi connectivity index (χ4v) is 6.62. The number of halogens is 1. The Kier molecular flexibility index (Phi) is 11.9. The Hall–Kier alpha value is -4.44. The third kappa shape index (κ3) is 8.07. The molecule has 49 heavy (non-hydrogen) atoms. The van der Waals surface area contributed by atoms with Crippen LogP contribution < -0.4 is 25.2 Å². The van der Waals surface area contributed by atoms with Gasteiger partial charge >= 0.3 is 5.63 Å². The van der Waals surface area contributed by atoms with Gasteiger partial charge in [0.05, 0.1) is 37.0 Å². The van der Waals surface area contributed by atoms with Crippen molar-refractivity contribution in [2.24, 2.45) is 0 Å². The summed E-state index contributed by atoms with van der Waals surface area (Å²) in [6.45, 7) is -0.518. The molecule has 258 valence electrons. The topological polar surface area (TPSA) is 168 Å². The fourth-order valence-electron chi connectivity index (χ4n) is 5.83. The fraction of sp³-hybridized carbons (Fsp3) is 0.306. The molecule has 2 amide bonds. The second kappa shape index (κ2) is 16.3. The lowest BCUT2D eigenvalue weighted by Gasteiger charge is -2.40. The van der Waals surface area contributed by atoms with Gasteiger partial charge in [-0.15, -0.1) is 0 Å². The van der Waals surface area contributed by atoms with Gasteiger partial charge in [0.15, 0.2) is 11.5 Å². The summed E-state index contributed by atoms with van der Waals surface area (Å²) in [7, 11) is 2.98. The molecule has 0 bridgehead atoms. The van der Waals surface area contributed by atoms with Crippen LogP contribution in [0.15, 0.2) is 87.6 Å². The smallest absolute Gasteiger partial charge is 0.349 e. The first kappa shape index (κ1) is 35.9. The number of carbonyl (C=O) groups excluding carboxylic acids is 2. The van der Waals surface area contributed by atoms with Gasteiger partial charge in [0.25, 0.3) is 5.91 Å². The number of aliphatic hydroxyl groups excluding tert-OH is 3. The molecular weight excluding hydrogens is 747 g/mol. The lowest BCUT2D eigenvalue weighted by molar-refractivity contribution is -0.118. The summed E-state index contributed by atoms with van der Waals surface area (Å²) in [5.74, 6) is -0.0587. The molecule has 1 aromatic heterocycles. The molecule has 1 heterocycles. The number of benzene rings is 3. The predicted molar refractivity (Wildman–Crippen MR) is 189 cm³/mol. The Morgan fingerprint density at radius 2 is 1.76 bits per heavy atom. The number of para-hydroxylation sites is 2. The Bertz CT molecular complexity index is 1910. The van der Waals surface area contributed by atoms with E-state index in [1.165, 1.54) is 24.2 Å². The Labute approximate surface area is 296 Å². The van der Waals surface area contributed by atoms with E-state index >= 15 is 0 Å². The molecule has 0 fully saturated rings. The summed E-state index contributed by atoms with van der Waals surface area (Å²) in [6.07, 6.45) is -0.872. The average molecular weight is 785 g/mol. The van der Waals surface area contributed by atoms with Gasteiger partial charge in [-0.2, -0.15) is 0 Å². The monoisotopic (exact) mass is 784 g/mol. The zero-order chi connectivity index (χ0) is 35.1. The summed E-state index contributed by atoms with van der Waals surface area (Å²) in [5, 5.41) is 34.2. The first-order chi connectivity index (χ1) is 23.7. The van der Waals surface area contributed by atoms with Gasteiger partial charge in [0.1, 0.15) is 29.1 Å². The molecule has 0 saturated heterocycles. The number of nitrogens with one attached hydrogen (secondary N) is 1. The van der Waals surface area contributed by atoms with Gasteiger partial charge in [-0.25, -0.2) is 4.79 Å². The molecule has 0 aliphatic heterocycles. The van der Waals surface area contributed by atoms with Crippen molar-refractivity contribution in [3.05, 3.63) is 109 Å². The molecule has 12 nitrogen and oxygen atoms in total. The van der Waals surface area contributed by atoms with E-state index in [-0.39, 0.29) is 56.0 Å². The highest BCUT2D eigenvalue weighted by Crippen LogP contribution is 2.37. The Balaban J connectivity index is 1.59. The first-order valence-corrected chi connectivity index (χ1v) is 16.6. The highest BCUT2D eigenvalue weighted by molar-refractivity contribution is 14.1. The minimum absolute atomic E-state index is 0.0160. The van der Waals surface area contributed by atoms with E-state index in [4.69, 9.17) is 18.6 Å². The molecule has 3 atom stereocenters. The van der Waals surface area contributed by atoms with Crippen LogP contribution in [0.3, 0.4) is 0 Å². The maximum atomic E-state index is 14.5. The van der Waals surface area contributed by atoms with Gasteiger partial charge in [-0.1, -0.05) is 36.4 Å². The zero-order valence-corrected chi connectivity index (χ0v) is 29.1. The zero-order valence-electron chi connectivity index (χ0n) is 26.9. The van der Waals surface area contributed by atoms with E-state index in [2.05, 4.69) is 5.32 Å². The largest absolute Gasteiger partial charge is 0.496 e. The number of hydrogen-bond donors (Lipinski definition) is 4. The van der Waals surface area contributed by atoms with Gasteiger partial charge < -0.3 is 44.2 Å². The number of rotatable bonds is 13. The number of hydrogen-bond acceptors (Lipinski definition) is 10. The van der Waals surface area contributed by atoms with Crippen LogP contribution in [0.1, 0.15) is 27.9 Å². The van der Waals surface area contributed by atoms with Crippen LogP contribution in [-0.4, -0.2) is 84.2 Å². The maximum Gasteiger partial charge on any atom is 0.349 e. The van der Waals surface area contributed by atoms with Crippen molar-refractivity contribution in [3.63, 3.8) is 0 Å². The lowest BCUT2D eigenvalue weighted by Crippen LogP contribution is -2.56. The summed E-state index contributed by atoms with van der Waals surface area (Å²) < 4.78 is 23.5. The van der Waals surface area contributed by atoms with Gasteiger partial charge in [0.2, 0.25) is 5.91 Å². The number of amides is 2. The van der Waals surface area contributed by atoms with Crippen LogP contribution in [0.2, 0.25) is 0 Å². The first-order valence-electron chi connectivity index (χ1n) is 15.6. The summed E-state index contributed by atoms with van der Waals surface area (Å²) >= 11 is 2.03. The van der Waals surface area contributed by atoms with Crippen molar-refractivity contribution in [3.8, 4) is 17.2 Å². The van der Waals surface area contributed by atoms with Crippen molar-refractivity contribution < 1.29 is 43.5 Å². The molecule has 3 unspecified atom stereocenters. The third-order valence-electron chi connectivity index (χ3n) is 8.29. The quantitative estimate of drug-likeness (QED) is 0.117. The normalized spacial score (nSPS) is 17.3. The maximum absolute atomic E-state index is 14.5. The number of carbonyl (C=O) groups is 2. The lowest BCUT2D eigenvalue weighted by atomic mass is 9.87.